The molecule has 0 unspecified atom stereocenters. The molecule has 0 bridgehead atoms. The van der Waals surface area contributed by atoms with Crippen molar-refractivity contribution in [3.8, 4) is 0 Å². The fourth-order valence-corrected chi connectivity index (χ4v) is 4.42. The first kappa shape index (κ1) is 14.8. The van der Waals surface area contributed by atoms with Crippen LogP contribution in [-0.4, -0.2) is 39.6 Å². The van der Waals surface area contributed by atoms with Gasteiger partial charge < -0.3 is 4.90 Å². The molecule has 4 nitrogen and oxygen atoms in total. The fourth-order valence-electron chi connectivity index (χ4n) is 2.61. The number of fused-ring (bicyclic) bond motifs is 1. The van der Waals surface area contributed by atoms with Gasteiger partial charge in [0.05, 0.1) is 0 Å². The molecule has 0 radical (unpaired) electrons. The molecule has 1 aliphatic rings. The highest BCUT2D eigenvalue weighted by Gasteiger charge is 2.16. The summed E-state index contributed by atoms with van der Waals surface area (Å²) in [6.07, 6.45) is 5.78. The lowest BCUT2D eigenvalue weighted by molar-refractivity contribution is -0.131. The average molecular weight is 321 g/mol. The van der Waals surface area contributed by atoms with Crippen molar-refractivity contribution < 1.29 is 4.79 Å². The Hall–Kier alpha value is -1.14. The van der Waals surface area contributed by atoms with E-state index in [1.807, 2.05) is 4.90 Å². The van der Waals surface area contributed by atoms with Crippen molar-refractivity contribution in [3.05, 3.63) is 17.3 Å². The third-order valence-electron chi connectivity index (χ3n) is 3.68. The van der Waals surface area contributed by atoms with E-state index in [2.05, 4.69) is 23.0 Å². The number of rotatable bonds is 4. The number of likely N-dealkylation sites (tertiary alicyclic amines) is 1. The lowest BCUT2D eigenvalue weighted by Gasteiger charge is -2.26. The highest BCUT2D eigenvalue weighted by atomic mass is 32.2. The van der Waals surface area contributed by atoms with Gasteiger partial charge >= 0.3 is 0 Å². The van der Waals surface area contributed by atoms with Crippen LogP contribution in [0.25, 0.3) is 10.2 Å². The Kier molecular flexibility index (Phi) is 4.75. The molecule has 112 valence electrons. The molecule has 3 heterocycles. The Morgan fingerprint density at radius 3 is 2.95 bits per heavy atom. The van der Waals surface area contributed by atoms with Crippen molar-refractivity contribution in [3.63, 3.8) is 0 Å². The first-order valence-corrected chi connectivity index (χ1v) is 9.16. The van der Waals surface area contributed by atoms with Gasteiger partial charge in [0.1, 0.15) is 16.2 Å². The van der Waals surface area contributed by atoms with E-state index in [1.165, 1.54) is 11.3 Å². The Bertz CT molecular complexity index is 635. The topological polar surface area (TPSA) is 46.1 Å². The van der Waals surface area contributed by atoms with Crippen LogP contribution in [0.15, 0.2) is 17.4 Å². The molecule has 1 aliphatic heterocycles. The average Bonchev–Trinajstić information content (AvgIpc) is 2.89. The summed E-state index contributed by atoms with van der Waals surface area (Å²) < 4.78 is 0. The maximum absolute atomic E-state index is 12.1. The van der Waals surface area contributed by atoms with E-state index in [0.717, 1.165) is 46.9 Å². The third kappa shape index (κ3) is 3.55. The molecule has 0 atom stereocenters. The number of aryl methyl sites for hydroxylation is 1. The fraction of sp³-hybridized carbons (Fsp3) is 0.533. The van der Waals surface area contributed by atoms with Crippen molar-refractivity contribution in [2.24, 2.45) is 0 Å². The van der Waals surface area contributed by atoms with Crippen molar-refractivity contribution in [1.82, 2.24) is 14.9 Å². The maximum atomic E-state index is 12.1. The predicted octanol–water partition coefficient (Wildman–Crippen LogP) is 3.49. The van der Waals surface area contributed by atoms with Crippen molar-refractivity contribution in [1.29, 1.82) is 0 Å². The van der Waals surface area contributed by atoms with Crippen molar-refractivity contribution in [2.45, 2.75) is 37.6 Å². The first-order chi connectivity index (χ1) is 10.2. The largest absolute Gasteiger partial charge is 0.343 e. The van der Waals surface area contributed by atoms with E-state index in [1.54, 1.807) is 29.4 Å². The van der Waals surface area contributed by atoms with Gasteiger partial charge in [0.2, 0.25) is 5.91 Å². The van der Waals surface area contributed by atoms with Crippen LogP contribution in [0, 0.1) is 6.92 Å². The molecule has 0 aliphatic carbocycles. The van der Waals surface area contributed by atoms with Crippen LogP contribution in [0.1, 0.15) is 30.6 Å². The quantitative estimate of drug-likeness (QED) is 0.639. The molecular formula is C15H19N3OS2. The number of thiophene rings is 1. The first-order valence-electron chi connectivity index (χ1n) is 7.36. The number of thioether (sulfide) groups is 1. The number of hydrogen-bond donors (Lipinski definition) is 0. The summed E-state index contributed by atoms with van der Waals surface area (Å²) in [6, 6.07) is 2.13. The molecule has 0 aromatic carbocycles. The molecule has 0 N–H and O–H groups in total. The third-order valence-corrected chi connectivity index (χ3v) is 5.65. The zero-order chi connectivity index (χ0) is 14.7. The van der Waals surface area contributed by atoms with Crippen molar-refractivity contribution in [2.75, 3.05) is 18.8 Å². The van der Waals surface area contributed by atoms with E-state index < -0.39 is 0 Å². The van der Waals surface area contributed by atoms with Gasteiger partial charge in [-0.2, -0.15) is 0 Å². The lowest BCUT2D eigenvalue weighted by atomic mass is 10.1. The van der Waals surface area contributed by atoms with Crippen LogP contribution in [0.2, 0.25) is 0 Å². The van der Waals surface area contributed by atoms with Crippen LogP contribution in [0.4, 0.5) is 0 Å². The van der Waals surface area contributed by atoms with E-state index in [0.29, 0.717) is 6.42 Å². The van der Waals surface area contributed by atoms with Gasteiger partial charge in [0, 0.05) is 35.5 Å². The molecule has 1 saturated heterocycles. The Labute approximate surface area is 133 Å². The number of piperidine rings is 1. The molecule has 1 fully saturated rings. The number of nitrogens with zero attached hydrogens (tertiary/aromatic N) is 3. The van der Waals surface area contributed by atoms with Crippen LogP contribution < -0.4 is 0 Å². The van der Waals surface area contributed by atoms with Crippen molar-refractivity contribution >= 4 is 39.2 Å². The molecule has 6 heteroatoms. The van der Waals surface area contributed by atoms with E-state index >= 15 is 0 Å². The second kappa shape index (κ2) is 6.75. The normalized spacial score (nSPS) is 15.6. The van der Waals surface area contributed by atoms with Crippen LogP contribution >= 0.6 is 23.1 Å². The Morgan fingerprint density at radius 1 is 1.33 bits per heavy atom. The molecule has 1 amide bonds. The number of aromatic nitrogens is 2. The monoisotopic (exact) mass is 321 g/mol. The van der Waals surface area contributed by atoms with Gasteiger partial charge in [0.15, 0.2) is 0 Å². The summed E-state index contributed by atoms with van der Waals surface area (Å²) in [5.41, 5.74) is 0. The zero-order valence-corrected chi connectivity index (χ0v) is 13.8. The SMILES string of the molecule is Cc1cc2c(SCCC(=O)N3CCCCC3)ncnc2s1. The van der Waals surface area contributed by atoms with E-state index in [4.69, 9.17) is 0 Å². The molecule has 0 saturated carbocycles. The number of amides is 1. The van der Waals surface area contributed by atoms with E-state index in [-0.39, 0.29) is 5.91 Å². The van der Waals surface area contributed by atoms with Gasteiger partial charge in [-0.3, -0.25) is 4.79 Å². The second-order valence-corrected chi connectivity index (χ2v) is 7.61. The summed E-state index contributed by atoms with van der Waals surface area (Å²) in [6.45, 7) is 3.95. The van der Waals surface area contributed by atoms with Crippen LogP contribution in [0.5, 0.6) is 0 Å². The smallest absolute Gasteiger partial charge is 0.223 e. The minimum Gasteiger partial charge on any atom is -0.343 e. The van der Waals surface area contributed by atoms with Gasteiger partial charge in [-0.15, -0.1) is 23.1 Å². The standard InChI is InChI=1S/C15H19N3OS2/c1-11-9-12-14(16-10-17-15(12)21-11)20-8-5-13(19)18-6-3-2-4-7-18/h9-10H,2-8H2,1H3. The summed E-state index contributed by atoms with van der Waals surface area (Å²) >= 11 is 3.35. The molecule has 3 rings (SSSR count). The van der Waals surface area contributed by atoms with E-state index in [9.17, 15) is 4.79 Å². The number of carbonyl (C=O) groups is 1. The lowest BCUT2D eigenvalue weighted by Crippen LogP contribution is -2.35. The number of hydrogen-bond acceptors (Lipinski definition) is 5. The number of carbonyl (C=O) groups excluding carboxylic acids is 1. The van der Waals surface area contributed by atoms with Gasteiger partial charge in [-0.25, -0.2) is 9.97 Å². The summed E-state index contributed by atoms with van der Waals surface area (Å²) in [4.78, 5) is 25.1. The predicted molar refractivity (Wildman–Crippen MR) is 87.9 cm³/mol. The molecular weight excluding hydrogens is 302 g/mol. The van der Waals surface area contributed by atoms with Gasteiger partial charge in [-0.05, 0) is 32.3 Å². The minimum atomic E-state index is 0.286. The van der Waals surface area contributed by atoms with Gasteiger partial charge in [-0.1, -0.05) is 0 Å². The molecule has 21 heavy (non-hydrogen) atoms. The second-order valence-electron chi connectivity index (χ2n) is 5.29. The summed E-state index contributed by atoms with van der Waals surface area (Å²) in [5.74, 6) is 1.07. The minimum absolute atomic E-state index is 0.286. The highest BCUT2D eigenvalue weighted by molar-refractivity contribution is 7.99. The molecule has 2 aromatic rings. The van der Waals surface area contributed by atoms with Crippen LogP contribution in [0.3, 0.4) is 0 Å². The molecule has 2 aromatic heterocycles. The molecule has 0 spiro atoms. The Balaban J connectivity index is 1.58. The van der Waals surface area contributed by atoms with Crippen LogP contribution in [-0.2, 0) is 4.79 Å². The zero-order valence-electron chi connectivity index (χ0n) is 12.2. The Morgan fingerprint density at radius 2 is 2.14 bits per heavy atom. The summed E-state index contributed by atoms with van der Waals surface area (Å²) in [5, 5.41) is 2.12. The summed E-state index contributed by atoms with van der Waals surface area (Å²) in [7, 11) is 0. The maximum Gasteiger partial charge on any atom is 0.223 e. The highest BCUT2D eigenvalue weighted by Crippen LogP contribution is 2.30. The van der Waals surface area contributed by atoms with Gasteiger partial charge in [0.25, 0.3) is 0 Å².